The van der Waals surface area contributed by atoms with Gasteiger partial charge >= 0.3 is 0 Å². The molecule has 3 aromatic carbocycles. The highest BCUT2D eigenvalue weighted by molar-refractivity contribution is 6.33. The van der Waals surface area contributed by atoms with Crippen LogP contribution in [0.1, 0.15) is 23.7 Å². The van der Waals surface area contributed by atoms with Crippen molar-refractivity contribution in [3.8, 4) is 5.75 Å². The van der Waals surface area contributed by atoms with Crippen LogP contribution in [-0.4, -0.2) is 5.71 Å². The molecule has 0 fully saturated rings. The Morgan fingerprint density at radius 2 is 1.60 bits per heavy atom. The first kappa shape index (κ1) is 15.7. The average molecular weight is 349 g/mol. The van der Waals surface area contributed by atoms with Crippen molar-refractivity contribution in [3.05, 3.63) is 95.0 Å². The van der Waals surface area contributed by atoms with Gasteiger partial charge in [-0.2, -0.15) is 5.10 Å². The molecule has 0 aromatic heterocycles. The topological polar surface area (TPSA) is 33.6 Å². The smallest absolute Gasteiger partial charge is 0.129 e. The summed E-state index contributed by atoms with van der Waals surface area (Å²) in [7, 11) is 0. The zero-order valence-electron chi connectivity index (χ0n) is 13.5. The number of anilines is 1. The Morgan fingerprint density at radius 3 is 2.44 bits per heavy atom. The number of hydrogen-bond acceptors (Lipinski definition) is 3. The average Bonchev–Trinajstić information content (AvgIpc) is 2.67. The highest BCUT2D eigenvalue weighted by Gasteiger charge is 2.26. The van der Waals surface area contributed by atoms with Crippen LogP contribution in [0, 0.1) is 0 Å². The minimum Gasteiger partial charge on any atom is -0.485 e. The molecular weight excluding hydrogens is 332 g/mol. The lowest BCUT2D eigenvalue weighted by Crippen LogP contribution is -2.21. The molecular formula is C21H17ClN2O. The van der Waals surface area contributed by atoms with Crippen molar-refractivity contribution >= 4 is 23.0 Å². The van der Waals surface area contributed by atoms with E-state index in [0.717, 1.165) is 28.3 Å². The van der Waals surface area contributed by atoms with Gasteiger partial charge < -0.3 is 4.74 Å². The third kappa shape index (κ3) is 3.37. The predicted molar refractivity (Wildman–Crippen MR) is 102 cm³/mol. The summed E-state index contributed by atoms with van der Waals surface area (Å²) in [6.07, 6.45) is 0.640. The Kier molecular flexibility index (Phi) is 4.40. The molecule has 0 spiro atoms. The Morgan fingerprint density at radius 1 is 0.880 bits per heavy atom. The van der Waals surface area contributed by atoms with Crippen LogP contribution in [0.2, 0.25) is 5.02 Å². The number of nitrogens with zero attached hydrogens (tertiary/aromatic N) is 1. The largest absolute Gasteiger partial charge is 0.485 e. The van der Waals surface area contributed by atoms with Gasteiger partial charge in [-0.1, -0.05) is 66.2 Å². The van der Waals surface area contributed by atoms with E-state index in [4.69, 9.17) is 16.3 Å². The summed E-state index contributed by atoms with van der Waals surface area (Å²) in [5.41, 5.74) is 6.99. The molecule has 0 amide bonds. The van der Waals surface area contributed by atoms with Gasteiger partial charge in [0.1, 0.15) is 11.9 Å². The van der Waals surface area contributed by atoms with E-state index in [1.165, 1.54) is 0 Å². The molecule has 0 saturated carbocycles. The monoisotopic (exact) mass is 348 g/mol. The standard InChI is InChI=1S/C21H17ClN2O/c22-17-11-5-6-12-18(17)23-24-19-14-21(15-8-2-1-3-9-15)25-20-13-7-4-10-16(19)20/h1-13,21,23H,14H2/b24-19-. The van der Waals surface area contributed by atoms with Crippen molar-refractivity contribution in [2.75, 3.05) is 5.43 Å². The summed E-state index contributed by atoms with van der Waals surface area (Å²) in [5, 5.41) is 5.28. The van der Waals surface area contributed by atoms with E-state index in [1.807, 2.05) is 66.7 Å². The zero-order chi connectivity index (χ0) is 17.1. The second kappa shape index (κ2) is 6.99. The van der Waals surface area contributed by atoms with Crippen LogP contribution < -0.4 is 10.2 Å². The summed E-state index contributed by atoms with van der Waals surface area (Å²) in [6, 6.07) is 25.8. The maximum absolute atomic E-state index is 6.21. The Balaban J connectivity index is 1.68. The molecule has 1 unspecified atom stereocenters. The number of benzene rings is 3. The van der Waals surface area contributed by atoms with Gasteiger partial charge in [0.05, 0.1) is 16.4 Å². The second-order valence-corrected chi connectivity index (χ2v) is 6.27. The van der Waals surface area contributed by atoms with Gasteiger partial charge in [0.25, 0.3) is 0 Å². The first-order valence-electron chi connectivity index (χ1n) is 8.19. The highest BCUT2D eigenvalue weighted by Crippen LogP contribution is 2.35. The Hall–Kier alpha value is -2.78. The molecule has 0 bridgehead atoms. The van der Waals surface area contributed by atoms with E-state index in [0.29, 0.717) is 11.4 Å². The van der Waals surface area contributed by atoms with Crippen LogP contribution >= 0.6 is 11.6 Å². The summed E-state index contributed by atoms with van der Waals surface area (Å²) < 4.78 is 6.19. The maximum atomic E-state index is 6.21. The summed E-state index contributed by atoms with van der Waals surface area (Å²) in [5.74, 6) is 0.849. The SMILES string of the molecule is Clc1ccccc1N/N=C1/CC(c2ccccc2)Oc2ccccc21. The molecule has 3 nitrogen and oxygen atoms in total. The summed E-state index contributed by atoms with van der Waals surface area (Å²) in [4.78, 5) is 0. The predicted octanol–water partition coefficient (Wildman–Crippen LogP) is 5.68. The number of fused-ring (bicyclic) bond motifs is 1. The number of halogens is 1. The molecule has 3 aromatic rings. The van der Waals surface area contributed by atoms with Crippen molar-refractivity contribution < 1.29 is 4.74 Å². The molecule has 1 aliphatic rings. The highest BCUT2D eigenvalue weighted by atomic mass is 35.5. The molecule has 124 valence electrons. The number of para-hydroxylation sites is 2. The summed E-state index contributed by atoms with van der Waals surface area (Å²) in [6.45, 7) is 0. The van der Waals surface area contributed by atoms with Gasteiger partial charge in [0.15, 0.2) is 0 Å². The van der Waals surface area contributed by atoms with E-state index >= 15 is 0 Å². The number of hydrogen-bond donors (Lipinski definition) is 1. The Labute approximate surface area is 151 Å². The molecule has 25 heavy (non-hydrogen) atoms. The zero-order valence-corrected chi connectivity index (χ0v) is 14.3. The third-order valence-corrected chi connectivity index (χ3v) is 4.53. The lowest BCUT2D eigenvalue weighted by atomic mass is 9.96. The third-order valence-electron chi connectivity index (χ3n) is 4.20. The molecule has 0 aliphatic carbocycles. The maximum Gasteiger partial charge on any atom is 0.129 e. The lowest BCUT2D eigenvalue weighted by Gasteiger charge is -2.27. The first-order valence-corrected chi connectivity index (χ1v) is 8.57. The van der Waals surface area contributed by atoms with Gasteiger partial charge in [-0.3, -0.25) is 5.43 Å². The number of rotatable bonds is 3. The molecule has 4 heteroatoms. The molecule has 4 rings (SSSR count). The van der Waals surface area contributed by atoms with E-state index in [9.17, 15) is 0 Å². The van der Waals surface area contributed by atoms with Crippen LogP contribution in [0.4, 0.5) is 5.69 Å². The quantitative estimate of drug-likeness (QED) is 0.618. The lowest BCUT2D eigenvalue weighted by molar-refractivity contribution is 0.206. The minimum absolute atomic E-state index is 0.0529. The summed E-state index contributed by atoms with van der Waals surface area (Å²) >= 11 is 6.21. The fraction of sp³-hybridized carbons (Fsp3) is 0.0952. The van der Waals surface area contributed by atoms with Crippen LogP contribution in [0.15, 0.2) is 84.0 Å². The molecule has 0 saturated heterocycles. The van der Waals surface area contributed by atoms with Crippen molar-refractivity contribution in [2.24, 2.45) is 5.10 Å². The van der Waals surface area contributed by atoms with Crippen molar-refractivity contribution in [1.29, 1.82) is 0 Å². The van der Waals surface area contributed by atoms with Crippen LogP contribution in [0.3, 0.4) is 0 Å². The van der Waals surface area contributed by atoms with Crippen molar-refractivity contribution in [1.82, 2.24) is 0 Å². The minimum atomic E-state index is -0.0529. The van der Waals surface area contributed by atoms with Gasteiger partial charge in [-0.05, 0) is 29.8 Å². The van der Waals surface area contributed by atoms with E-state index in [-0.39, 0.29) is 6.10 Å². The molecule has 1 aliphatic heterocycles. The number of nitrogens with one attached hydrogen (secondary N) is 1. The Bertz CT molecular complexity index is 909. The van der Waals surface area contributed by atoms with Gasteiger partial charge in [0, 0.05) is 12.0 Å². The van der Waals surface area contributed by atoms with E-state index in [1.54, 1.807) is 0 Å². The molecule has 1 N–H and O–H groups in total. The second-order valence-electron chi connectivity index (χ2n) is 5.87. The van der Waals surface area contributed by atoms with Crippen LogP contribution in [0.5, 0.6) is 5.75 Å². The fourth-order valence-corrected chi connectivity index (χ4v) is 3.11. The van der Waals surface area contributed by atoms with Gasteiger partial charge in [-0.25, -0.2) is 0 Å². The molecule has 0 radical (unpaired) electrons. The number of hydrazone groups is 1. The van der Waals surface area contributed by atoms with Crippen molar-refractivity contribution in [2.45, 2.75) is 12.5 Å². The first-order chi connectivity index (χ1) is 12.3. The van der Waals surface area contributed by atoms with E-state index in [2.05, 4.69) is 22.7 Å². The molecule has 1 atom stereocenters. The number of ether oxygens (including phenoxy) is 1. The van der Waals surface area contributed by atoms with Crippen LogP contribution in [-0.2, 0) is 0 Å². The van der Waals surface area contributed by atoms with Gasteiger partial charge in [0.2, 0.25) is 0 Å². The van der Waals surface area contributed by atoms with Crippen molar-refractivity contribution in [3.63, 3.8) is 0 Å². The fourth-order valence-electron chi connectivity index (χ4n) is 2.93. The molecule has 1 heterocycles. The van der Waals surface area contributed by atoms with Crippen LogP contribution in [0.25, 0.3) is 0 Å². The van der Waals surface area contributed by atoms with Gasteiger partial charge in [-0.15, -0.1) is 0 Å². The normalized spacial score (nSPS) is 17.6. The van der Waals surface area contributed by atoms with E-state index < -0.39 is 0 Å².